The first-order valence-electron chi connectivity index (χ1n) is 14.2. The molecule has 1 saturated heterocycles. The number of rotatable bonds is 10. The summed E-state index contributed by atoms with van der Waals surface area (Å²) in [6, 6.07) is 22.9. The number of likely N-dealkylation sites (tertiary alicyclic amines) is 1. The van der Waals surface area contributed by atoms with E-state index < -0.39 is 10.0 Å². The molecular formula is C32H37Cl2N3O3S. The van der Waals surface area contributed by atoms with Gasteiger partial charge in [-0.1, -0.05) is 77.8 Å². The molecule has 1 atom stereocenters. The van der Waals surface area contributed by atoms with Gasteiger partial charge in [0.25, 0.3) is 0 Å². The van der Waals surface area contributed by atoms with Crippen LogP contribution in [0.25, 0.3) is 0 Å². The van der Waals surface area contributed by atoms with Gasteiger partial charge in [-0.25, -0.2) is 12.7 Å². The van der Waals surface area contributed by atoms with Gasteiger partial charge in [-0.2, -0.15) is 0 Å². The number of sulfonamides is 1. The van der Waals surface area contributed by atoms with Gasteiger partial charge >= 0.3 is 0 Å². The zero-order valence-corrected chi connectivity index (χ0v) is 25.7. The van der Waals surface area contributed by atoms with Crippen LogP contribution in [-0.2, 0) is 33.1 Å². The molecule has 6 nitrogen and oxygen atoms in total. The van der Waals surface area contributed by atoms with E-state index in [1.807, 2.05) is 36.4 Å². The van der Waals surface area contributed by atoms with Gasteiger partial charge < -0.3 is 10.2 Å². The highest BCUT2D eigenvalue weighted by Gasteiger charge is 2.42. The van der Waals surface area contributed by atoms with Crippen LogP contribution < -0.4 is 5.32 Å². The lowest BCUT2D eigenvalue weighted by Gasteiger charge is -2.38. The summed E-state index contributed by atoms with van der Waals surface area (Å²) in [6.07, 6.45) is 4.91. The van der Waals surface area contributed by atoms with Crippen molar-refractivity contribution in [1.82, 2.24) is 14.5 Å². The minimum absolute atomic E-state index is 0.0707. The molecule has 41 heavy (non-hydrogen) atoms. The van der Waals surface area contributed by atoms with Gasteiger partial charge in [-0.05, 0) is 73.5 Å². The van der Waals surface area contributed by atoms with Gasteiger partial charge in [0.05, 0.1) is 11.3 Å². The molecule has 0 aromatic heterocycles. The molecule has 1 amide bonds. The molecular weight excluding hydrogens is 577 g/mol. The largest absolute Gasteiger partial charge is 0.353 e. The number of piperidine rings is 1. The summed E-state index contributed by atoms with van der Waals surface area (Å²) in [5, 5.41) is 3.81. The first-order valence-corrected chi connectivity index (χ1v) is 16.4. The molecule has 0 saturated carbocycles. The molecule has 1 unspecified atom stereocenters. The van der Waals surface area contributed by atoms with Crippen molar-refractivity contribution in [3.8, 4) is 0 Å². The molecule has 1 aliphatic carbocycles. The van der Waals surface area contributed by atoms with Crippen molar-refractivity contribution in [3.63, 3.8) is 0 Å². The average Bonchev–Trinajstić information content (AvgIpc) is 3.31. The number of halogens is 2. The number of carbonyl (C=O) groups excluding carboxylic acids is 1. The van der Waals surface area contributed by atoms with Crippen LogP contribution >= 0.6 is 23.2 Å². The number of likely N-dealkylation sites (N-methyl/N-ethyl adjacent to an activating group) is 1. The summed E-state index contributed by atoms with van der Waals surface area (Å²) in [7, 11) is -2.14. The third kappa shape index (κ3) is 7.15. The van der Waals surface area contributed by atoms with E-state index in [2.05, 4.69) is 28.4 Å². The molecule has 1 heterocycles. The van der Waals surface area contributed by atoms with E-state index in [-0.39, 0.29) is 22.3 Å². The van der Waals surface area contributed by atoms with Gasteiger partial charge in [-0.15, -0.1) is 0 Å². The maximum absolute atomic E-state index is 13.6. The van der Waals surface area contributed by atoms with Crippen LogP contribution in [0.4, 0.5) is 0 Å². The second kappa shape index (κ2) is 12.8. The molecule has 0 radical (unpaired) electrons. The van der Waals surface area contributed by atoms with E-state index in [9.17, 15) is 13.2 Å². The highest BCUT2D eigenvalue weighted by Crippen LogP contribution is 2.43. The molecule has 218 valence electrons. The summed E-state index contributed by atoms with van der Waals surface area (Å²) in [5.74, 6) is 0.0707. The predicted octanol–water partition coefficient (Wildman–Crippen LogP) is 5.71. The highest BCUT2D eigenvalue weighted by atomic mass is 35.5. The number of aryl methyl sites for hydroxylation is 1. The summed E-state index contributed by atoms with van der Waals surface area (Å²) in [6.45, 7) is 3.06. The smallest absolute Gasteiger partial charge is 0.242 e. The number of hydrogen-bond donors (Lipinski definition) is 1. The van der Waals surface area contributed by atoms with Crippen molar-refractivity contribution >= 4 is 39.1 Å². The lowest BCUT2D eigenvalue weighted by Crippen LogP contribution is -2.47. The molecule has 1 N–H and O–H groups in total. The zero-order chi connectivity index (χ0) is 29.0. The fraction of sp³-hybridized carbons (Fsp3) is 0.406. The zero-order valence-electron chi connectivity index (χ0n) is 23.4. The van der Waals surface area contributed by atoms with E-state index in [1.54, 1.807) is 7.05 Å². The first-order chi connectivity index (χ1) is 19.6. The Labute approximate surface area is 253 Å². The van der Waals surface area contributed by atoms with Crippen molar-refractivity contribution in [3.05, 3.63) is 99.5 Å². The van der Waals surface area contributed by atoms with Gasteiger partial charge in [0.15, 0.2) is 0 Å². The number of fused-ring (bicyclic) bond motifs is 1. The van der Waals surface area contributed by atoms with Gasteiger partial charge in [0.2, 0.25) is 15.9 Å². The Bertz CT molecular complexity index is 1460. The SMILES string of the molecule is CN(CC1(CCN2CCC(NC(=O)Cc3ccccc3)CC2)CCc2ccccc21)S(=O)(=O)c1cc(Cl)cc(Cl)c1. The fourth-order valence-electron chi connectivity index (χ4n) is 6.37. The Hall–Kier alpha value is -2.42. The third-order valence-corrected chi connectivity index (χ3v) is 10.8. The Morgan fingerprint density at radius 3 is 2.37 bits per heavy atom. The molecule has 1 aliphatic heterocycles. The van der Waals surface area contributed by atoms with Gasteiger partial charge in [0, 0.05) is 48.2 Å². The molecule has 9 heteroatoms. The van der Waals surface area contributed by atoms with E-state index >= 15 is 0 Å². The van der Waals surface area contributed by atoms with E-state index in [0.29, 0.717) is 23.0 Å². The first kappa shape index (κ1) is 30.1. The Balaban J connectivity index is 1.23. The Morgan fingerprint density at radius 2 is 1.66 bits per heavy atom. The standard InChI is InChI=1S/C32H37Cl2N3O3S/c1-36(41(39,40)29-21-26(33)20-27(34)22-29)23-32(14-11-25-9-5-6-10-30(25)32)15-18-37-16-12-28(13-17-37)35-31(38)19-24-7-3-2-4-8-24/h2-10,20-22,28H,11-19,23H2,1H3,(H,35,38). The number of amides is 1. The topological polar surface area (TPSA) is 69.7 Å². The molecule has 3 aromatic rings. The number of hydrogen-bond acceptors (Lipinski definition) is 4. The molecule has 5 rings (SSSR count). The number of benzene rings is 3. The van der Waals surface area contributed by atoms with Crippen molar-refractivity contribution in [2.24, 2.45) is 0 Å². The predicted molar refractivity (Wildman–Crippen MR) is 165 cm³/mol. The molecule has 0 spiro atoms. The van der Waals surface area contributed by atoms with Gasteiger partial charge in [-0.3, -0.25) is 4.79 Å². The summed E-state index contributed by atoms with van der Waals surface area (Å²) in [4.78, 5) is 15.1. The maximum Gasteiger partial charge on any atom is 0.242 e. The maximum atomic E-state index is 13.6. The van der Waals surface area contributed by atoms with Crippen LogP contribution in [0.1, 0.15) is 42.4 Å². The van der Waals surface area contributed by atoms with Crippen LogP contribution in [0, 0.1) is 0 Å². The van der Waals surface area contributed by atoms with E-state index in [1.165, 1.54) is 33.6 Å². The van der Waals surface area contributed by atoms with Crippen molar-refractivity contribution < 1.29 is 13.2 Å². The van der Waals surface area contributed by atoms with Crippen LogP contribution in [0.5, 0.6) is 0 Å². The number of carbonyl (C=O) groups is 1. The van der Waals surface area contributed by atoms with Crippen LogP contribution in [0.3, 0.4) is 0 Å². The van der Waals surface area contributed by atoms with Crippen LogP contribution in [0.15, 0.2) is 77.7 Å². The van der Waals surface area contributed by atoms with Crippen molar-refractivity contribution in [1.29, 1.82) is 0 Å². The summed E-state index contributed by atoms with van der Waals surface area (Å²) in [5.41, 5.74) is 3.27. The fourth-order valence-corrected chi connectivity index (χ4v) is 8.35. The lowest BCUT2D eigenvalue weighted by molar-refractivity contribution is -0.121. The van der Waals surface area contributed by atoms with E-state index in [0.717, 1.165) is 57.3 Å². The second-order valence-corrected chi connectivity index (χ2v) is 14.3. The Morgan fingerprint density at radius 1 is 1.00 bits per heavy atom. The highest BCUT2D eigenvalue weighted by molar-refractivity contribution is 7.89. The quantitative estimate of drug-likeness (QED) is 0.318. The van der Waals surface area contributed by atoms with E-state index in [4.69, 9.17) is 23.2 Å². The number of nitrogens with one attached hydrogen (secondary N) is 1. The lowest BCUT2D eigenvalue weighted by atomic mass is 9.78. The average molecular weight is 615 g/mol. The second-order valence-electron chi connectivity index (χ2n) is 11.4. The summed E-state index contributed by atoms with van der Waals surface area (Å²) < 4.78 is 28.6. The molecule has 1 fully saturated rings. The van der Waals surface area contributed by atoms with Gasteiger partial charge in [0.1, 0.15) is 0 Å². The molecule has 0 bridgehead atoms. The third-order valence-electron chi connectivity index (χ3n) is 8.60. The van der Waals surface area contributed by atoms with Crippen molar-refractivity contribution in [2.45, 2.75) is 54.9 Å². The minimum atomic E-state index is -3.79. The molecule has 3 aromatic carbocycles. The summed E-state index contributed by atoms with van der Waals surface area (Å²) >= 11 is 12.3. The number of nitrogens with zero attached hydrogens (tertiary/aromatic N) is 2. The normalized spacial score (nSPS) is 19.8. The minimum Gasteiger partial charge on any atom is -0.353 e. The van der Waals surface area contributed by atoms with Crippen LogP contribution in [-0.4, -0.2) is 62.8 Å². The monoisotopic (exact) mass is 613 g/mol. The Kier molecular flexibility index (Phi) is 9.41. The van der Waals surface area contributed by atoms with Crippen molar-refractivity contribution in [2.75, 3.05) is 33.2 Å². The molecule has 2 aliphatic rings. The van der Waals surface area contributed by atoms with Crippen LogP contribution in [0.2, 0.25) is 10.0 Å².